The number of likely N-dealkylation sites (tertiary alicyclic amines) is 1. The van der Waals surface area contributed by atoms with Gasteiger partial charge < -0.3 is 21.7 Å². The van der Waals surface area contributed by atoms with Gasteiger partial charge in [0, 0.05) is 18.8 Å². The normalized spacial score (nSPS) is 26.5. The van der Waals surface area contributed by atoms with Crippen molar-refractivity contribution in [1.29, 1.82) is 0 Å². The number of fused-ring (bicyclic) bond motifs is 1. The quantitative estimate of drug-likeness (QED) is 0.432. The molecule has 0 aromatic carbocycles. The predicted octanol–water partition coefficient (Wildman–Crippen LogP) is 4.92. The van der Waals surface area contributed by atoms with Crippen LogP contribution in [-0.4, -0.2) is 39.8 Å². The molecule has 0 unspecified atom stereocenters. The molecule has 0 spiro atoms. The number of halogens is 2. The lowest BCUT2D eigenvalue weighted by atomic mass is 9.66. The molecule has 1 aromatic heterocycles. The van der Waals surface area contributed by atoms with Crippen molar-refractivity contribution in [3.05, 3.63) is 23.4 Å². The maximum absolute atomic E-state index is 14.1. The minimum atomic E-state index is -0.716. The molecule has 1 aromatic rings. The predicted molar refractivity (Wildman–Crippen MR) is 156 cm³/mol. The van der Waals surface area contributed by atoms with E-state index in [-0.39, 0.29) is 48.5 Å². The Morgan fingerprint density at radius 3 is 2.18 bits per heavy atom. The van der Waals surface area contributed by atoms with Gasteiger partial charge in [-0.1, -0.05) is 70.3 Å². The third-order valence-electron chi connectivity index (χ3n) is 9.89. The Morgan fingerprint density at radius 1 is 1.00 bits per heavy atom. The summed E-state index contributed by atoms with van der Waals surface area (Å²) in [7, 11) is 0. The third-order valence-corrected chi connectivity index (χ3v) is 9.89. The van der Waals surface area contributed by atoms with Crippen molar-refractivity contribution in [2.24, 2.45) is 29.4 Å². The van der Waals surface area contributed by atoms with E-state index in [0.29, 0.717) is 30.7 Å². The molecule has 5 rings (SSSR count). The first-order chi connectivity index (χ1) is 17.4. The molecule has 2 amide bonds. The monoisotopic (exact) mass is 567 g/mol. The molecule has 1 saturated heterocycles. The number of nitrogen functional groups attached to an aromatic ring is 1. The summed E-state index contributed by atoms with van der Waals surface area (Å²) in [6, 6.07) is 3.18. The molecular formula is C29H47Cl2N5O2. The summed E-state index contributed by atoms with van der Waals surface area (Å²) in [5.41, 5.74) is 13.8. The van der Waals surface area contributed by atoms with Crippen molar-refractivity contribution < 1.29 is 9.59 Å². The molecule has 3 atom stereocenters. The molecule has 38 heavy (non-hydrogen) atoms. The standard InChI is InChI=1S/C29H45N5O2.2ClH/c1-19-22(14-15-24(30)33-19)18-32-28(36)29-17-23(29)13-8-16-34(29)27(35)26(31)25(20-9-4-2-5-10-20)21-11-6-3-7-12-21;;/h14-15,20-21,23,25-26H,2-13,16-18,31H2,1H3,(H2,30,33)(H,32,36);2*1H/t23-,26-,29+;;/m1../s1. The van der Waals surface area contributed by atoms with Gasteiger partial charge >= 0.3 is 0 Å². The fraction of sp³-hybridized carbons (Fsp3) is 0.759. The average molecular weight is 569 g/mol. The molecule has 1 aliphatic heterocycles. The molecule has 3 aliphatic carbocycles. The number of carbonyl (C=O) groups excluding carboxylic acids is 2. The maximum atomic E-state index is 14.1. The van der Waals surface area contributed by atoms with Crippen molar-refractivity contribution in [2.45, 2.75) is 109 Å². The number of amides is 2. The van der Waals surface area contributed by atoms with Crippen LogP contribution in [0.25, 0.3) is 0 Å². The van der Waals surface area contributed by atoms with Crippen LogP contribution in [0.4, 0.5) is 5.82 Å². The summed E-state index contributed by atoms with van der Waals surface area (Å²) in [6.07, 6.45) is 15.1. The first kappa shape index (κ1) is 31.0. The lowest BCUT2D eigenvalue weighted by Gasteiger charge is -2.44. The Labute approximate surface area is 240 Å². The molecule has 0 bridgehead atoms. The third kappa shape index (κ3) is 6.10. The molecule has 5 N–H and O–H groups in total. The van der Waals surface area contributed by atoms with Gasteiger partial charge in [0.1, 0.15) is 11.4 Å². The van der Waals surface area contributed by atoms with E-state index < -0.39 is 11.6 Å². The maximum Gasteiger partial charge on any atom is 0.246 e. The number of aryl methyl sites for hydroxylation is 1. The molecule has 214 valence electrons. The number of nitrogens with one attached hydrogen (secondary N) is 1. The number of hydrogen-bond donors (Lipinski definition) is 3. The molecule has 0 radical (unpaired) electrons. The Balaban J connectivity index is 0.00000200. The fourth-order valence-corrected chi connectivity index (χ4v) is 7.87. The number of anilines is 1. The minimum Gasteiger partial charge on any atom is -0.384 e. The Bertz CT molecular complexity index is 948. The molecule has 2 heterocycles. The summed E-state index contributed by atoms with van der Waals surface area (Å²) in [6.45, 7) is 2.94. The van der Waals surface area contributed by atoms with Gasteiger partial charge in [-0.3, -0.25) is 9.59 Å². The first-order valence-corrected chi connectivity index (χ1v) is 14.5. The zero-order valence-electron chi connectivity index (χ0n) is 22.8. The number of pyridine rings is 1. The van der Waals surface area contributed by atoms with E-state index in [2.05, 4.69) is 10.3 Å². The Hall–Kier alpha value is -1.57. The number of aromatic nitrogens is 1. The molecule has 7 nitrogen and oxygen atoms in total. The molecular weight excluding hydrogens is 521 g/mol. The van der Waals surface area contributed by atoms with Gasteiger partial charge in [0.05, 0.1) is 6.04 Å². The molecule has 9 heteroatoms. The lowest BCUT2D eigenvalue weighted by molar-refractivity contribution is -0.147. The topological polar surface area (TPSA) is 114 Å². The van der Waals surface area contributed by atoms with Gasteiger partial charge in [0.25, 0.3) is 0 Å². The SMILES string of the molecule is Cc1nc(N)ccc1CNC(=O)[C@]12C[C@H]1CCCN2C(=O)[C@H](N)C(C1CCCCC1)C1CCCCC1.Cl.Cl. The second kappa shape index (κ2) is 13.2. The van der Waals surface area contributed by atoms with Crippen LogP contribution in [0.15, 0.2) is 12.1 Å². The first-order valence-electron chi connectivity index (χ1n) is 14.5. The van der Waals surface area contributed by atoms with Crippen LogP contribution in [0.5, 0.6) is 0 Å². The molecule has 4 fully saturated rings. The van der Waals surface area contributed by atoms with E-state index in [9.17, 15) is 9.59 Å². The highest BCUT2D eigenvalue weighted by molar-refractivity contribution is 5.96. The van der Waals surface area contributed by atoms with E-state index in [1.54, 1.807) is 6.07 Å². The van der Waals surface area contributed by atoms with Crippen molar-refractivity contribution in [3.8, 4) is 0 Å². The van der Waals surface area contributed by atoms with Gasteiger partial charge in [-0.25, -0.2) is 4.98 Å². The minimum absolute atomic E-state index is 0. The number of hydrogen-bond acceptors (Lipinski definition) is 5. The average Bonchev–Trinajstić information content (AvgIpc) is 3.65. The second-order valence-corrected chi connectivity index (χ2v) is 12.0. The van der Waals surface area contributed by atoms with Crippen LogP contribution in [0, 0.1) is 30.6 Å². The van der Waals surface area contributed by atoms with E-state index in [0.717, 1.165) is 30.5 Å². The van der Waals surface area contributed by atoms with Gasteiger partial charge in [0.15, 0.2) is 0 Å². The van der Waals surface area contributed by atoms with Crippen molar-refractivity contribution in [1.82, 2.24) is 15.2 Å². The zero-order valence-corrected chi connectivity index (χ0v) is 24.5. The van der Waals surface area contributed by atoms with Crippen LogP contribution in [0.1, 0.15) is 94.7 Å². The van der Waals surface area contributed by atoms with Crippen LogP contribution < -0.4 is 16.8 Å². The lowest BCUT2D eigenvalue weighted by Crippen LogP contribution is -2.61. The summed E-state index contributed by atoms with van der Waals surface area (Å²) in [4.78, 5) is 34.0. The largest absolute Gasteiger partial charge is 0.384 e. The molecule has 4 aliphatic rings. The molecule has 3 saturated carbocycles. The number of nitrogens with two attached hydrogens (primary N) is 2. The number of rotatable bonds is 7. The van der Waals surface area contributed by atoms with Gasteiger partial charge in [-0.15, -0.1) is 24.8 Å². The van der Waals surface area contributed by atoms with Crippen molar-refractivity contribution in [2.75, 3.05) is 12.3 Å². The van der Waals surface area contributed by atoms with Crippen LogP contribution >= 0.6 is 24.8 Å². The van der Waals surface area contributed by atoms with Gasteiger partial charge in [0.2, 0.25) is 11.8 Å². The highest BCUT2D eigenvalue weighted by Crippen LogP contribution is 2.55. The highest BCUT2D eigenvalue weighted by atomic mass is 35.5. The van der Waals surface area contributed by atoms with E-state index in [1.807, 2.05) is 17.9 Å². The van der Waals surface area contributed by atoms with Gasteiger partial charge in [-0.2, -0.15) is 0 Å². The number of carbonyl (C=O) groups is 2. The Morgan fingerprint density at radius 2 is 1.61 bits per heavy atom. The number of piperidine rings is 1. The smallest absolute Gasteiger partial charge is 0.246 e. The van der Waals surface area contributed by atoms with E-state index in [1.165, 1.54) is 64.2 Å². The Kier molecular flexibility index (Phi) is 10.7. The fourth-order valence-electron chi connectivity index (χ4n) is 7.87. The highest BCUT2D eigenvalue weighted by Gasteiger charge is 2.66. The van der Waals surface area contributed by atoms with E-state index in [4.69, 9.17) is 11.5 Å². The van der Waals surface area contributed by atoms with Crippen molar-refractivity contribution >= 4 is 42.4 Å². The van der Waals surface area contributed by atoms with E-state index >= 15 is 0 Å². The van der Waals surface area contributed by atoms with Crippen LogP contribution in [0.2, 0.25) is 0 Å². The summed E-state index contributed by atoms with van der Waals surface area (Å²) >= 11 is 0. The van der Waals surface area contributed by atoms with Crippen LogP contribution in [0.3, 0.4) is 0 Å². The van der Waals surface area contributed by atoms with Gasteiger partial charge in [-0.05, 0) is 61.5 Å². The zero-order chi connectivity index (χ0) is 25.3. The van der Waals surface area contributed by atoms with Crippen LogP contribution in [-0.2, 0) is 16.1 Å². The van der Waals surface area contributed by atoms with Crippen molar-refractivity contribution in [3.63, 3.8) is 0 Å². The summed E-state index contributed by atoms with van der Waals surface area (Å²) in [5.74, 6) is 2.07. The summed E-state index contributed by atoms with van der Waals surface area (Å²) in [5, 5.41) is 3.14. The number of nitrogens with zero attached hydrogens (tertiary/aromatic N) is 2. The second-order valence-electron chi connectivity index (χ2n) is 12.0. The summed E-state index contributed by atoms with van der Waals surface area (Å²) < 4.78 is 0.